The molecule has 0 saturated heterocycles. The highest BCUT2D eigenvalue weighted by atomic mass is 79.9. The van der Waals surface area contributed by atoms with E-state index in [0.717, 1.165) is 26.1 Å². The molecule has 1 amide bonds. The first-order valence-corrected chi connectivity index (χ1v) is 7.22. The van der Waals surface area contributed by atoms with E-state index >= 15 is 0 Å². The van der Waals surface area contributed by atoms with E-state index in [1.54, 1.807) is 18.3 Å². The number of hydrogen-bond donors (Lipinski definition) is 1. The van der Waals surface area contributed by atoms with Crippen molar-refractivity contribution in [3.05, 3.63) is 22.9 Å². The van der Waals surface area contributed by atoms with Crippen molar-refractivity contribution in [2.45, 2.75) is 20.3 Å². The summed E-state index contributed by atoms with van der Waals surface area (Å²) in [6, 6.07) is 3.50. The summed E-state index contributed by atoms with van der Waals surface area (Å²) in [5.41, 5.74) is 0.607. The van der Waals surface area contributed by atoms with Gasteiger partial charge in [-0.3, -0.25) is 4.90 Å². The molecule has 0 fully saturated rings. The quantitative estimate of drug-likeness (QED) is 0.781. The van der Waals surface area contributed by atoms with Crippen LogP contribution in [-0.2, 0) is 0 Å². The minimum atomic E-state index is -0.941. The molecule has 19 heavy (non-hydrogen) atoms. The van der Waals surface area contributed by atoms with Gasteiger partial charge in [-0.1, -0.05) is 13.8 Å². The molecule has 0 radical (unpaired) electrons. The molecule has 0 aliphatic rings. The molecule has 0 unspecified atom stereocenters. The van der Waals surface area contributed by atoms with Gasteiger partial charge in [-0.25, -0.2) is 9.78 Å². The van der Waals surface area contributed by atoms with Gasteiger partial charge in [0.25, 0.3) is 0 Å². The number of aromatic nitrogens is 1. The fourth-order valence-electron chi connectivity index (χ4n) is 1.86. The second-order valence-electron chi connectivity index (χ2n) is 4.15. The largest absolute Gasteiger partial charge is 0.465 e. The first-order chi connectivity index (χ1) is 9.08. The Balaban J connectivity index is 2.59. The molecule has 0 aromatic carbocycles. The molecular weight excluding hydrogens is 310 g/mol. The average Bonchev–Trinajstić information content (AvgIpc) is 2.40. The smallest absolute Gasteiger partial charge is 0.411 e. The minimum Gasteiger partial charge on any atom is -0.465 e. The van der Waals surface area contributed by atoms with Crippen LogP contribution < -0.4 is 4.90 Å². The van der Waals surface area contributed by atoms with Gasteiger partial charge >= 0.3 is 6.09 Å². The van der Waals surface area contributed by atoms with Crippen molar-refractivity contribution in [2.24, 2.45) is 0 Å². The van der Waals surface area contributed by atoms with Gasteiger partial charge < -0.3 is 10.0 Å². The van der Waals surface area contributed by atoms with Crippen LogP contribution in [0, 0.1) is 0 Å². The number of halogens is 1. The van der Waals surface area contributed by atoms with Gasteiger partial charge in [-0.05, 0) is 54.1 Å². The third-order valence-electron chi connectivity index (χ3n) is 3.00. The topological polar surface area (TPSA) is 56.7 Å². The number of amides is 1. The van der Waals surface area contributed by atoms with E-state index in [4.69, 9.17) is 0 Å². The van der Waals surface area contributed by atoms with Crippen molar-refractivity contribution < 1.29 is 9.90 Å². The van der Waals surface area contributed by atoms with Gasteiger partial charge in [0, 0.05) is 6.54 Å². The second kappa shape index (κ2) is 8.12. The Kier molecular flexibility index (Phi) is 6.80. The summed E-state index contributed by atoms with van der Waals surface area (Å²) in [5.74, 6) is 0. The predicted octanol–water partition coefficient (Wildman–Crippen LogP) is 3.06. The third-order valence-corrected chi connectivity index (χ3v) is 3.47. The number of carboxylic acid groups (broad SMARTS) is 1. The van der Waals surface area contributed by atoms with E-state index in [1.807, 2.05) is 0 Å². The molecule has 1 N–H and O–H groups in total. The lowest BCUT2D eigenvalue weighted by Crippen LogP contribution is -2.33. The first-order valence-electron chi connectivity index (χ1n) is 6.42. The number of rotatable bonds is 7. The van der Waals surface area contributed by atoms with E-state index in [2.05, 4.69) is 39.7 Å². The zero-order chi connectivity index (χ0) is 14.3. The van der Waals surface area contributed by atoms with Crippen LogP contribution in [0.1, 0.15) is 20.3 Å². The summed E-state index contributed by atoms with van der Waals surface area (Å²) in [4.78, 5) is 18.9. The Morgan fingerprint density at radius 2 is 2.00 bits per heavy atom. The standard InChI is InChI=1S/C13H20BrN3O2/c1-3-16(4-2)8-5-9-17(13(18)19)11-6-7-12(14)15-10-11/h6-7,10H,3-5,8-9H2,1-2H3,(H,18,19). The fourth-order valence-corrected chi connectivity index (χ4v) is 2.09. The second-order valence-corrected chi connectivity index (χ2v) is 4.97. The lowest BCUT2D eigenvalue weighted by atomic mass is 10.3. The van der Waals surface area contributed by atoms with E-state index in [0.29, 0.717) is 16.8 Å². The summed E-state index contributed by atoms with van der Waals surface area (Å²) in [5, 5.41) is 9.25. The predicted molar refractivity (Wildman–Crippen MR) is 79.7 cm³/mol. The average molecular weight is 330 g/mol. The van der Waals surface area contributed by atoms with Gasteiger partial charge in [0.15, 0.2) is 0 Å². The molecule has 1 rings (SSSR count). The Morgan fingerprint density at radius 3 is 2.47 bits per heavy atom. The molecule has 5 nitrogen and oxygen atoms in total. The maximum absolute atomic E-state index is 11.3. The lowest BCUT2D eigenvalue weighted by molar-refractivity contribution is 0.201. The van der Waals surface area contributed by atoms with Crippen molar-refractivity contribution >= 4 is 27.7 Å². The summed E-state index contributed by atoms with van der Waals surface area (Å²) >= 11 is 3.24. The van der Waals surface area contributed by atoms with Gasteiger partial charge in [0.1, 0.15) is 4.60 Å². The first kappa shape index (κ1) is 15.9. The maximum Gasteiger partial charge on any atom is 0.411 e. The van der Waals surface area contributed by atoms with Crippen LogP contribution >= 0.6 is 15.9 Å². The monoisotopic (exact) mass is 329 g/mol. The summed E-state index contributed by atoms with van der Waals surface area (Å²) in [6.07, 6.45) is 1.43. The summed E-state index contributed by atoms with van der Waals surface area (Å²) < 4.78 is 0.699. The van der Waals surface area contributed by atoms with Gasteiger partial charge in [-0.2, -0.15) is 0 Å². The molecule has 0 bridgehead atoms. The van der Waals surface area contributed by atoms with Crippen molar-refractivity contribution in [1.29, 1.82) is 0 Å². The highest BCUT2D eigenvalue weighted by Gasteiger charge is 2.14. The molecule has 0 aliphatic heterocycles. The number of nitrogens with zero attached hydrogens (tertiary/aromatic N) is 3. The Hall–Kier alpha value is -1.14. The van der Waals surface area contributed by atoms with Gasteiger partial charge in [0.2, 0.25) is 0 Å². The van der Waals surface area contributed by atoms with Crippen molar-refractivity contribution in [3.8, 4) is 0 Å². The fraction of sp³-hybridized carbons (Fsp3) is 0.538. The molecule has 1 aromatic rings. The van der Waals surface area contributed by atoms with Crippen LogP contribution in [0.2, 0.25) is 0 Å². The van der Waals surface area contributed by atoms with Crippen LogP contribution in [0.15, 0.2) is 22.9 Å². The number of hydrogen-bond acceptors (Lipinski definition) is 3. The molecular formula is C13H20BrN3O2. The molecule has 106 valence electrons. The Morgan fingerprint density at radius 1 is 1.32 bits per heavy atom. The van der Waals surface area contributed by atoms with Crippen LogP contribution in [0.25, 0.3) is 0 Å². The molecule has 0 aliphatic carbocycles. The van der Waals surface area contributed by atoms with E-state index in [1.165, 1.54) is 4.90 Å². The summed E-state index contributed by atoms with van der Waals surface area (Å²) in [7, 11) is 0. The normalized spacial score (nSPS) is 10.7. The van der Waals surface area contributed by atoms with Crippen LogP contribution in [0.3, 0.4) is 0 Å². The van der Waals surface area contributed by atoms with Crippen molar-refractivity contribution in [1.82, 2.24) is 9.88 Å². The number of anilines is 1. The highest BCUT2D eigenvalue weighted by Crippen LogP contribution is 2.16. The van der Waals surface area contributed by atoms with Crippen LogP contribution in [0.5, 0.6) is 0 Å². The third kappa shape index (κ3) is 5.16. The molecule has 1 heterocycles. The van der Waals surface area contributed by atoms with Crippen LogP contribution in [0.4, 0.5) is 10.5 Å². The van der Waals surface area contributed by atoms with Crippen LogP contribution in [-0.4, -0.2) is 47.3 Å². The number of pyridine rings is 1. The molecule has 0 spiro atoms. The Labute approximate surface area is 122 Å². The zero-order valence-electron chi connectivity index (χ0n) is 11.3. The minimum absolute atomic E-state index is 0.481. The Bertz CT molecular complexity index is 393. The lowest BCUT2D eigenvalue weighted by Gasteiger charge is -2.22. The number of carbonyl (C=O) groups is 1. The van der Waals surface area contributed by atoms with E-state index in [-0.39, 0.29) is 0 Å². The maximum atomic E-state index is 11.3. The summed E-state index contributed by atoms with van der Waals surface area (Å²) in [6.45, 7) is 7.58. The molecule has 0 atom stereocenters. The highest BCUT2D eigenvalue weighted by molar-refractivity contribution is 9.10. The molecule has 0 saturated carbocycles. The van der Waals surface area contributed by atoms with Gasteiger partial charge in [0.05, 0.1) is 11.9 Å². The van der Waals surface area contributed by atoms with Crippen molar-refractivity contribution in [3.63, 3.8) is 0 Å². The SMILES string of the molecule is CCN(CC)CCCN(C(=O)O)c1ccc(Br)nc1. The molecule has 6 heteroatoms. The van der Waals surface area contributed by atoms with E-state index in [9.17, 15) is 9.90 Å². The van der Waals surface area contributed by atoms with Crippen molar-refractivity contribution in [2.75, 3.05) is 31.1 Å². The van der Waals surface area contributed by atoms with Gasteiger partial charge in [-0.15, -0.1) is 0 Å². The molecule has 1 aromatic heterocycles. The van der Waals surface area contributed by atoms with E-state index < -0.39 is 6.09 Å². The zero-order valence-corrected chi connectivity index (χ0v) is 12.9.